The van der Waals surface area contributed by atoms with Gasteiger partial charge in [0.15, 0.2) is 10.3 Å². The molecule has 0 bridgehead atoms. The molecule has 0 spiro atoms. The van der Waals surface area contributed by atoms with Crippen molar-refractivity contribution in [3.8, 4) is 0 Å². The van der Waals surface area contributed by atoms with Crippen molar-refractivity contribution in [3.63, 3.8) is 0 Å². The highest BCUT2D eigenvalue weighted by Crippen LogP contribution is 2.28. The monoisotopic (exact) mass is 430 g/mol. The molecule has 1 aliphatic heterocycles. The van der Waals surface area contributed by atoms with Gasteiger partial charge in [-0.3, -0.25) is 0 Å². The lowest BCUT2D eigenvalue weighted by molar-refractivity contribution is 0.618. The second kappa shape index (κ2) is 9.16. The van der Waals surface area contributed by atoms with E-state index >= 15 is 0 Å². The standard InChI is InChI=1S/C21H23ClN4S2/c1-2-3-17-13-27-21(25-17)24-16-7-4-14(5-8-16)10-11-23-20-26-18-9-6-15(22)12-19(18)28-20/h4-9,12,17H,2-3,10-11,13H2,1H3,(H,23,26)(H,24,25). The van der Waals surface area contributed by atoms with E-state index in [1.54, 1.807) is 11.3 Å². The molecule has 146 valence electrons. The maximum absolute atomic E-state index is 6.04. The fourth-order valence-electron chi connectivity index (χ4n) is 3.15. The quantitative estimate of drug-likeness (QED) is 0.475. The lowest BCUT2D eigenvalue weighted by atomic mass is 10.1. The fourth-order valence-corrected chi connectivity index (χ4v) is 5.34. The average molecular weight is 431 g/mol. The second-order valence-corrected chi connectivity index (χ2v) is 9.31. The normalized spacial score (nSPS) is 17.9. The number of thiazole rings is 1. The molecular formula is C21H23ClN4S2. The minimum atomic E-state index is 0.567. The molecular weight excluding hydrogens is 408 g/mol. The summed E-state index contributed by atoms with van der Waals surface area (Å²) in [5.74, 6) is 1.12. The maximum atomic E-state index is 6.04. The van der Waals surface area contributed by atoms with Crippen LogP contribution in [0.25, 0.3) is 10.2 Å². The van der Waals surface area contributed by atoms with Crippen LogP contribution in [0.2, 0.25) is 5.02 Å². The molecule has 7 heteroatoms. The summed E-state index contributed by atoms with van der Waals surface area (Å²) >= 11 is 9.50. The summed E-state index contributed by atoms with van der Waals surface area (Å²) < 4.78 is 1.11. The number of nitrogens with zero attached hydrogens (tertiary/aromatic N) is 2. The van der Waals surface area contributed by atoms with Crippen molar-refractivity contribution in [1.82, 2.24) is 10.3 Å². The summed E-state index contributed by atoms with van der Waals surface area (Å²) in [7, 11) is 0. The Morgan fingerprint density at radius 1 is 1.25 bits per heavy atom. The lowest BCUT2D eigenvalue weighted by Crippen LogP contribution is -2.26. The van der Waals surface area contributed by atoms with Crippen LogP contribution in [0.15, 0.2) is 47.5 Å². The van der Waals surface area contributed by atoms with Crippen LogP contribution in [-0.2, 0) is 6.42 Å². The summed E-state index contributed by atoms with van der Waals surface area (Å²) in [5, 5.41) is 9.66. The number of aliphatic imine (C=N–C) groups is 1. The Bertz CT molecular complexity index is 968. The van der Waals surface area contributed by atoms with Gasteiger partial charge < -0.3 is 10.6 Å². The Hall–Kier alpha value is -1.76. The predicted molar refractivity (Wildman–Crippen MR) is 125 cm³/mol. The first-order valence-electron chi connectivity index (χ1n) is 9.56. The Morgan fingerprint density at radius 2 is 2.11 bits per heavy atom. The van der Waals surface area contributed by atoms with Crippen LogP contribution in [-0.4, -0.2) is 28.5 Å². The minimum Gasteiger partial charge on any atom is -0.361 e. The van der Waals surface area contributed by atoms with Gasteiger partial charge in [-0.15, -0.1) is 0 Å². The molecule has 4 nitrogen and oxygen atoms in total. The molecule has 1 unspecified atom stereocenters. The van der Waals surface area contributed by atoms with Gasteiger partial charge in [-0.2, -0.15) is 0 Å². The third kappa shape index (κ3) is 4.99. The topological polar surface area (TPSA) is 49.3 Å². The molecule has 1 aliphatic rings. The first-order chi connectivity index (χ1) is 13.7. The number of fused-ring (bicyclic) bond motifs is 1. The molecule has 1 fully saturated rings. The van der Waals surface area contributed by atoms with E-state index in [1.165, 1.54) is 18.4 Å². The van der Waals surface area contributed by atoms with E-state index in [9.17, 15) is 0 Å². The van der Waals surface area contributed by atoms with Crippen molar-refractivity contribution in [1.29, 1.82) is 0 Å². The highest BCUT2D eigenvalue weighted by atomic mass is 35.5. The summed E-state index contributed by atoms with van der Waals surface area (Å²) in [6, 6.07) is 14.9. The van der Waals surface area contributed by atoms with E-state index in [0.29, 0.717) is 6.04 Å². The van der Waals surface area contributed by atoms with Crippen molar-refractivity contribution in [3.05, 3.63) is 53.1 Å². The summed E-state index contributed by atoms with van der Waals surface area (Å²) in [4.78, 5) is 9.32. The van der Waals surface area contributed by atoms with E-state index in [2.05, 4.69) is 46.8 Å². The average Bonchev–Trinajstić information content (AvgIpc) is 3.29. The van der Waals surface area contributed by atoms with Crippen molar-refractivity contribution < 1.29 is 0 Å². The maximum Gasteiger partial charge on any atom is 0.183 e. The SMILES string of the molecule is CCCC1CS/C(=N\c2ccc(CCNc3nc4ccc(Cl)cc4s3)cc2)N1. The zero-order chi connectivity index (χ0) is 19.3. The first-order valence-corrected chi connectivity index (χ1v) is 11.7. The molecule has 0 radical (unpaired) electrons. The van der Waals surface area contributed by atoms with E-state index < -0.39 is 0 Å². The fraction of sp³-hybridized carbons (Fsp3) is 0.333. The highest BCUT2D eigenvalue weighted by molar-refractivity contribution is 8.14. The van der Waals surface area contributed by atoms with Crippen LogP contribution >= 0.6 is 34.7 Å². The highest BCUT2D eigenvalue weighted by Gasteiger charge is 2.18. The Morgan fingerprint density at radius 3 is 2.93 bits per heavy atom. The third-order valence-electron chi connectivity index (χ3n) is 4.59. The van der Waals surface area contributed by atoms with E-state index in [1.807, 2.05) is 30.0 Å². The van der Waals surface area contributed by atoms with Crippen LogP contribution < -0.4 is 10.6 Å². The number of thioether (sulfide) groups is 1. The molecule has 1 saturated heterocycles. The molecule has 2 N–H and O–H groups in total. The smallest absolute Gasteiger partial charge is 0.183 e. The van der Waals surface area contributed by atoms with Gasteiger partial charge in [0.1, 0.15) is 0 Å². The molecule has 3 aromatic rings. The van der Waals surface area contributed by atoms with Gasteiger partial charge in [-0.05, 0) is 48.7 Å². The van der Waals surface area contributed by atoms with Crippen LogP contribution in [0.4, 0.5) is 10.8 Å². The van der Waals surface area contributed by atoms with Gasteiger partial charge in [0.2, 0.25) is 0 Å². The molecule has 28 heavy (non-hydrogen) atoms. The predicted octanol–water partition coefficient (Wildman–Crippen LogP) is 6.10. The van der Waals surface area contributed by atoms with Gasteiger partial charge in [0, 0.05) is 23.4 Å². The Labute approximate surface area is 178 Å². The number of benzene rings is 2. The number of hydrogen-bond donors (Lipinski definition) is 2. The summed E-state index contributed by atoms with van der Waals surface area (Å²) in [5.41, 5.74) is 3.28. The number of halogens is 1. The van der Waals surface area contributed by atoms with E-state index in [0.717, 1.165) is 49.9 Å². The number of hydrogen-bond acceptors (Lipinski definition) is 5. The van der Waals surface area contributed by atoms with Crippen LogP contribution in [0.3, 0.4) is 0 Å². The Balaban J connectivity index is 1.29. The molecule has 2 aromatic carbocycles. The lowest BCUT2D eigenvalue weighted by Gasteiger charge is -2.07. The molecule has 4 rings (SSSR count). The van der Waals surface area contributed by atoms with Gasteiger partial charge in [-0.1, -0.05) is 60.2 Å². The van der Waals surface area contributed by atoms with Crippen molar-refractivity contribution in [2.45, 2.75) is 32.2 Å². The first kappa shape index (κ1) is 19.6. The zero-order valence-electron chi connectivity index (χ0n) is 15.7. The number of amidine groups is 1. The molecule has 1 atom stereocenters. The Kier molecular flexibility index (Phi) is 6.40. The number of nitrogens with one attached hydrogen (secondary N) is 2. The van der Waals surface area contributed by atoms with Crippen molar-refractivity contribution in [2.24, 2.45) is 4.99 Å². The van der Waals surface area contributed by atoms with Crippen LogP contribution in [0, 0.1) is 0 Å². The minimum absolute atomic E-state index is 0.567. The number of rotatable bonds is 7. The molecule has 1 aromatic heterocycles. The second-order valence-electron chi connectivity index (χ2n) is 6.83. The van der Waals surface area contributed by atoms with E-state index in [4.69, 9.17) is 16.6 Å². The third-order valence-corrected chi connectivity index (χ3v) is 6.86. The number of aromatic nitrogens is 1. The summed E-state index contributed by atoms with van der Waals surface area (Å²) in [6.07, 6.45) is 3.36. The van der Waals surface area contributed by atoms with Gasteiger partial charge in [-0.25, -0.2) is 9.98 Å². The summed E-state index contributed by atoms with van der Waals surface area (Å²) in [6.45, 7) is 3.07. The molecule has 0 aliphatic carbocycles. The molecule has 0 amide bonds. The largest absolute Gasteiger partial charge is 0.361 e. The van der Waals surface area contributed by atoms with Gasteiger partial charge in [0.25, 0.3) is 0 Å². The van der Waals surface area contributed by atoms with Crippen molar-refractivity contribution in [2.75, 3.05) is 17.6 Å². The molecule has 0 saturated carbocycles. The van der Waals surface area contributed by atoms with Crippen LogP contribution in [0.1, 0.15) is 25.3 Å². The zero-order valence-corrected chi connectivity index (χ0v) is 18.1. The molecule has 2 heterocycles. The van der Waals surface area contributed by atoms with Gasteiger partial charge >= 0.3 is 0 Å². The van der Waals surface area contributed by atoms with Gasteiger partial charge in [0.05, 0.1) is 15.9 Å². The van der Waals surface area contributed by atoms with Crippen molar-refractivity contribution >= 4 is 60.9 Å². The van der Waals surface area contributed by atoms with Crippen LogP contribution in [0.5, 0.6) is 0 Å². The number of anilines is 1. The van der Waals surface area contributed by atoms with E-state index in [-0.39, 0.29) is 0 Å².